The van der Waals surface area contributed by atoms with E-state index in [1.807, 2.05) is 6.07 Å². The molecule has 1 aliphatic carbocycles. The Bertz CT molecular complexity index is 1270. The fraction of sp³-hybridized carbons (Fsp3) is 0.594. The number of aryl methyl sites for hydroxylation is 1. The quantitative estimate of drug-likeness (QED) is 0.500. The van der Waals surface area contributed by atoms with Gasteiger partial charge in [0, 0.05) is 24.6 Å². The molecule has 1 aromatic carbocycles. The summed E-state index contributed by atoms with van der Waals surface area (Å²) in [5.74, 6) is -1.98. The largest absolute Gasteiger partial charge is 0.542 e. The number of carbonyl (C=O) groups excluding carboxylic acids is 2. The van der Waals surface area contributed by atoms with Gasteiger partial charge in [-0.3, -0.25) is 4.79 Å². The van der Waals surface area contributed by atoms with Gasteiger partial charge in [-0.05, 0) is 74.1 Å². The molecule has 7 nitrogen and oxygen atoms in total. The molecule has 11 heteroatoms. The van der Waals surface area contributed by atoms with Crippen LogP contribution >= 0.6 is 11.6 Å². The van der Waals surface area contributed by atoms with Crippen molar-refractivity contribution in [1.82, 2.24) is 4.90 Å². The van der Waals surface area contributed by atoms with Crippen LogP contribution < -0.4 is 20.3 Å². The maximum atomic E-state index is 14.5. The lowest BCUT2D eigenvalue weighted by Crippen LogP contribution is -3.14. The molecule has 4 atom stereocenters. The summed E-state index contributed by atoms with van der Waals surface area (Å²) < 4.78 is 31.5. The van der Waals surface area contributed by atoms with E-state index in [2.05, 4.69) is 51.6 Å². The second kappa shape index (κ2) is 13.5. The number of amides is 1. The number of H-pyrrole nitrogens is 1. The van der Waals surface area contributed by atoms with Crippen LogP contribution in [0.5, 0.6) is 0 Å². The number of carbonyl (C=O) groups is 2. The molecule has 1 amide bonds. The van der Waals surface area contributed by atoms with Crippen molar-refractivity contribution in [2.24, 2.45) is 5.92 Å². The van der Waals surface area contributed by atoms with Gasteiger partial charge in [-0.1, -0.05) is 30.3 Å². The summed E-state index contributed by atoms with van der Waals surface area (Å²) in [7, 11) is 0. The Morgan fingerprint density at radius 3 is 2.51 bits per heavy atom. The van der Waals surface area contributed by atoms with Gasteiger partial charge in [0.25, 0.3) is 5.15 Å². The molecule has 3 aliphatic heterocycles. The number of halogens is 4. The predicted octanol–water partition coefficient (Wildman–Crippen LogP) is 1.06. The summed E-state index contributed by atoms with van der Waals surface area (Å²) in [6.07, 6.45) is 4.26. The summed E-state index contributed by atoms with van der Waals surface area (Å²) in [4.78, 5) is 30.8. The number of piperidine rings is 2. The number of carboxylic acids is 1. The number of nitrogens with two attached hydrogens (primary N) is 1. The van der Waals surface area contributed by atoms with E-state index in [0.717, 1.165) is 58.3 Å². The van der Waals surface area contributed by atoms with Crippen molar-refractivity contribution in [3.05, 3.63) is 64.4 Å². The highest BCUT2D eigenvalue weighted by atomic mass is 35.5. The summed E-state index contributed by atoms with van der Waals surface area (Å²) in [6, 6.07) is 15.6. The Hall–Kier alpha value is -2.69. The van der Waals surface area contributed by atoms with Crippen LogP contribution in [-0.2, 0) is 21.4 Å². The third-order valence-corrected chi connectivity index (χ3v) is 10.3. The zero-order chi connectivity index (χ0) is 30.6. The second-order valence-electron chi connectivity index (χ2n) is 12.6. The molecular formula is C32H42ClF3N4O3+2. The highest BCUT2D eigenvalue weighted by molar-refractivity contribution is 6.28. The van der Waals surface area contributed by atoms with Crippen molar-refractivity contribution in [1.29, 1.82) is 0 Å². The van der Waals surface area contributed by atoms with Crippen LogP contribution in [0.1, 0.15) is 67.7 Å². The van der Waals surface area contributed by atoms with Crippen LogP contribution in [0, 0.1) is 5.92 Å². The number of hydrogen-bond acceptors (Lipinski definition) is 3. The first-order chi connectivity index (χ1) is 20.6. The number of rotatable bonds is 4. The van der Waals surface area contributed by atoms with Gasteiger partial charge in [-0.2, -0.15) is 18.2 Å². The van der Waals surface area contributed by atoms with Crippen LogP contribution in [-0.4, -0.2) is 68.3 Å². The number of benzene rings is 1. The number of nitrogens with one attached hydrogen (secondary N) is 2. The number of carboxylic acid groups (broad SMARTS) is 1. The first kappa shape index (κ1) is 31.7. The van der Waals surface area contributed by atoms with Crippen molar-refractivity contribution in [2.45, 2.75) is 74.9 Å². The monoisotopic (exact) mass is 622 g/mol. The molecule has 3 fully saturated rings. The lowest BCUT2D eigenvalue weighted by Gasteiger charge is -2.44. The molecule has 0 radical (unpaired) electrons. The number of aromatic nitrogens is 1. The third kappa shape index (κ3) is 7.18. The molecular weight excluding hydrogens is 581 g/mol. The van der Waals surface area contributed by atoms with Gasteiger partial charge in [0.05, 0.1) is 44.2 Å². The van der Waals surface area contributed by atoms with Crippen LogP contribution in [0.25, 0.3) is 0 Å². The number of aliphatic carboxylic acids is 1. The van der Waals surface area contributed by atoms with Crippen molar-refractivity contribution in [3.63, 3.8) is 0 Å². The van der Waals surface area contributed by atoms with Crippen LogP contribution in [0.4, 0.5) is 13.2 Å². The Morgan fingerprint density at radius 2 is 1.81 bits per heavy atom. The lowest BCUT2D eigenvalue weighted by molar-refractivity contribution is -0.906. The van der Waals surface area contributed by atoms with Crippen LogP contribution in [0.3, 0.4) is 0 Å². The van der Waals surface area contributed by atoms with Crippen molar-refractivity contribution >= 4 is 23.5 Å². The minimum absolute atomic E-state index is 0.0539. The van der Waals surface area contributed by atoms with E-state index in [0.29, 0.717) is 23.0 Å². The van der Waals surface area contributed by atoms with Crippen molar-refractivity contribution in [2.75, 3.05) is 39.3 Å². The van der Waals surface area contributed by atoms with E-state index in [9.17, 15) is 18.0 Å². The molecule has 234 valence electrons. The predicted molar refractivity (Wildman–Crippen MR) is 152 cm³/mol. The number of nitrogens with zero attached hydrogens (tertiary/aromatic N) is 1. The molecule has 1 spiro atoms. The summed E-state index contributed by atoms with van der Waals surface area (Å²) in [5, 5.41) is 11.9. The van der Waals surface area contributed by atoms with E-state index in [1.54, 1.807) is 4.90 Å². The number of hydrogen-bond donors (Lipinski definition) is 2. The molecule has 3 saturated heterocycles. The minimum atomic E-state index is -5.19. The molecule has 4 heterocycles. The number of fused-ring (bicyclic) bond motifs is 2. The molecule has 4 N–H and O–H groups in total. The first-order valence-corrected chi connectivity index (χ1v) is 16.0. The summed E-state index contributed by atoms with van der Waals surface area (Å²) >= 11 is 6.33. The fourth-order valence-corrected chi connectivity index (χ4v) is 8.20. The highest BCUT2D eigenvalue weighted by Crippen LogP contribution is 2.44. The third-order valence-electron chi connectivity index (χ3n) is 10.0. The van der Waals surface area contributed by atoms with E-state index in [-0.39, 0.29) is 11.3 Å². The van der Waals surface area contributed by atoms with Gasteiger partial charge < -0.3 is 25.0 Å². The number of quaternary nitrogens is 2. The van der Waals surface area contributed by atoms with Crippen molar-refractivity contribution in [3.8, 4) is 0 Å². The number of aromatic amines is 1. The average Bonchev–Trinajstić information content (AvgIpc) is 3.41. The second-order valence-corrected chi connectivity index (χ2v) is 13.0. The van der Waals surface area contributed by atoms with E-state index >= 15 is 0 Å². The van der Waals surface area contributed by atoms with E-state index in [4.69, 9.17) is 21.5 Å². The summed E-state index contributed by atoms with van der Waals surface area (Å²) in [6.45, 7) is 6.44. The highest BCUT2D eigenvalue weighted by Gasteiger charge is 2.56. The van der Waals surface area contributed by atoms with Crippen LogP contribution in [0.2, 0.25) is 5.15 Å². The van der Waals surface area contributed by atoms with Crippen molar-refractivity contribution < 1.29 is 43.1 Å². The topological polar surface area (TPSA) is 95.6 Å². The SMILES string of the molecule is O=C([C@@H]1C[NH2+]C[C@]12CCCc1[nH+]c(Cl)ccc12)N1CC[C@@H](c2ccccc2)C[C@H]1C[NH+]1CCCCC1.O=C([O-])C(F)(F)F. The van der Waals surface area contributed by atoms with Gasteiger partial charge in [-0.15, -0.1) is 0 Å². The number of alkyl halides is 3. The Kier molecular flexibility index (Phi) is 9.98. The zero-order valence-corrected chi connectivity index (χ0v) is 25.2. The maximum absolute atomic E-state index is 14.5. The van der Waals surface area contributed by atoms with Gasteiger partial charge in [0.15, 0.2) is 5.69 Å². The molecule has 43 heavy (non-hydrogen) atoms. The number of likely N-dealkylation sites (tertiary alicyclic amines) is 2. The van der Waals surface area contributed by atoms with Crippen LogP contribution in [0.15, 0.2) is 42.5 Å². The van der Waals surface area contributed by atoms with Gasteiger partial charge in [-0.25, -0.2) is 0 Å². The Balaban J connectivity index is 0.000000472. The maximum Gasteiger partial charge on any atom is 0.430 e. The molecule has 4 aliphatic rings. The molecule has 0 bridgehead atoms. The normalized spacial score (nSPS) is 27.7. The molecule has 1 aromatic heterocycles. The molecule has 0 saturated carbocycles. The van der Waals surface area contributed by atoms with Gasteiger partial charge >= 0.3 is 6.18 Å². The van der Waals surface area contributed by atoms with Gasteiger partial charge in [0.2, 0.25) is 5.91 Å². The number of pyridine rings is 1. The van der Waals surface area contributed by atoms with E-state index in [1.165, 1.54) is 49.2 Å². The fourth-order valence-electron chi connectivity index (χ4n) is 8.03. The summed E-state index contributed by atoms with van der Waals surface area (Å²) in [5.41, 5.74) is 3.98. The minimum Gasteiger partial charge on any atom is -0.542 e. The molecule has 2 aromatic rings. The van der Waals surface area contributed by atoms with E-state index < -0.39 is 12.1 Å². The Labute approximate surface area is 255 Å². The smallest absolute Gasteiger partial charge is 0.430 e. The Morgan fingerprint density at radius 1 is 1.09 bits per heavy atom. The molecule has 6 rings (SSSR count). The first-order valence-electron chi connectivity index (χ1n) is 15.6. The average molecular weight is 623 g/mol. The lowest BCUT2D eigenvalue weighted by atomic mass is 9.65. The zero-order valence-electron chi connectivity index (χ0n) is 24.4. The standard InChI is InChI=1S/C30H39ClN4O.C2HF3O2/c31-28-12-11-25-27(33-28)10-7-14-30(25)21-32-19-26(30)29(36)35-17-13-23(22-8-3-1-4-9-22)18-24(35)20-34-15-5-2-6-16-34;3-2(4,5)1(6)7/h1,3-4,8-9,11-12,23-24,26,32H,2,5-7,10,13-21H2;(H,6,7)/p+2/t23-,24+,26+,30+;/m1./s1. The van der Waals surface area contributed by atoms with Gasteiger partial charge in [0.1, 0.15) is 11.9 Å². The molecule has 0 unspecified atom stereocenters.